The molecule has 1 aliphatic carbocycles. The van der Waals surface area contributed by atoms with Crippen LogP contribution in [-0.4, -0.2) is 25.6 Å². The fourth-order valence-corrected chi connectivity index (χ4v) is 2.07. The fourth-order valence-electron chi connectivity index (χ4n) is 2.07. The van der Waals surface area contributed by atoms with Crippen molar-refractivity contribution < 1.29 is 0 Å². The molecule has 1 aromatic heterocycles. The summed E-state index contributed by atoms with van der Waals surface area (Å²) in [7, 11) is 4.14. The minimum absolute atomic E-state index is 0.902. The molecule has 1 saturated carbocycles. The van der Waals surface area contributed by atoms with Crippen LogP contribution in [0.5, 0.6) is 0 Å². The van der Waals surface area contributed by atoms with Gasteiger partial charge in [0.1, 0.15) is 0 Å². The van der Waals surface area contributed by atoms with Crippen LogP contribution in [0, 0.1) is 11.8 Å². The van der Waals surface area contributed by atoms with Gasteiger partial charge in [-0.05, 0) is 30.9 Å². The molecule has 1 N–H and O–H groups in total. The van der Waals surface area contributed by atoms with E-state index in [2.05, 4.69) is 42.3 Å². The Morgan fingerprint density at radius 1 is 1.50 bits per heavy atom. The number of pyridine rings is 1. The largest absolute Gasteiger partial charge is 0.377 e. The van der Waals surface area contributed by atoms with Crippen LogP contribution in [0.2, 0.25) is 0 Å². The van der Waals surface area contributed by atoms with E-state index < -0.39 is 0 Å². The van der Waals surface area contributed by atoms with E-state index in [9.17, 15) is 0 Å². The lowest BCUT2D eigenvalue weighted by molar-refractivity contribution is 0.611. The molecule has 2 atom stereocenters. The van der Waals surface area contributed by atoms with Gasteiger partial charge in [-0.25, -0.2) is 0 Å². The number of hydrogen-bond donors (Lipinski definition) is 1. The van der Waals surface area contributed by atoms with Crippen LogP contribution < -0.4 is 10.2 Å². The normalized spacial score (nSPS) is 23.2. The smallest absolute Gasteiger partial charge is 0.0437 e. The Bertz CT molecular complexity index is 349. The summed E-state index contributed by atoms with van der Waals surface area (Å²) >= 11 is 0. The van der Waals surface area contributed by atoms with Crippen molar-refractivity contribution in [2.45, 2.75) is 19.9 Å². The highest BCUT2D eigenvalue weighted by Gasteiger charge is 2.31. The first kappa shape index (κ1) is 11.4. The molecule has 3 nitrogen and oxygen atoms in total. The molecule has 1 heterocycles. The van der Waals surface area contributed by atoms with Crippen molar-refractivity contribution in [2.24, 2.45) is 11.8 Å². The summed E-state index contributed by atoms with van der Waals surface area (Å²) in [6.45, 7) is 4.38. The molecule has 1 aromatic rings. The van der Waals surface area contributed by atoms with Gasteiger partial charge in [-0.3, -0.25) is 4.98 Å². The molecule has 2 rings (SSSR count). The van der Waals surface area contributed by atoms with Crippen molar-refractivity contribution >= 4 is 5.69 Å². The van der Waals surface area contributed by atoms with Gasteiger partial charge in [-0.2, -0.15) is 0 Å². The van der Waals surface area contributed by atoms with Gasteiger partial charge in [-0.15, -0.1) is 0 Å². The Kier molecular flexibility index (Phi) is 3.44. The maximum atomic E-state index is 4.19. The molecule has 1 aliphatic rings. The Morgan fingerprint density at radius 3 is 2.88 bits per heavy atom. The van der Waals surface area contributed by atoms with E-state index in [-0.39, 0.29) is 0 Å². The summed E-state index contributed by atoms with van der Waals surface area (Å²) in [5.74, 6) is 1.83. The summed E-state index contributed by atoms with van der Waals surface area (Å²) in [5.41, 5.74) is 2.53. The first-order valence-corrected chi connectivity index (χ1v) is 5.99. The molecule has 16 heavy (non-hydrogen) atoms. The molecule has 1 fully saturated rings. The van der Waals surface area contributed by atoms with E-state index in [4.69, 9.17) is 0 Å². The molecule has 0 spiro atoms. The van der Waals surface area contributed by atoms with Gasteiger partial charge in [-0.1, -0.05) is 6.92 Å². The van der Waals surface area contributed by atoms with Gasteiger partial charge in [0.15, 0.2) is 0 Å². The van der Waals surface area contributed by atoms with E-state index in [1.807, 2.05) is 12.4 Å². The van der Waals surface area contributed by atoms with E-state index in [1.165, 1.54) is 17.7 Å². The van der Waals surface area contributed by atoms with Gasteiger partial charge < -0.3 is 10.2 Å². The molecular weight excluding hydrogens is 198 g/mol. The van der Waals surface area contributed by atoms with Crippen LogP contribution in [0.3, 0.4) is 0 Å². The fraction of sp³-hybridized carbons (Fsp3) is 0.615. The van der Waals surface area contributed by atoms with Crippen molar-refractivity contribution in [3.8, 4) is 0 Å². The second-order valence-corrected chi connectivity index (χ2v) is 5.00. The van der Waals surface area contributed by atoms with E-state index >= 15 is 0 Å². The molecule has 3 heteroatoms. The van der Waals surface area contributed by atoms with Crippen molar-refractivity contribution in [3.05, 3.63) is 24.0 Å². The summed E-state index contributed by atoms with van der Waals surface area (Å²) < 4.78 is 0. The maximum Gasteiger partial charge on any atom is 0.0437 e. The first-order valence-electron chi connectivity index (χ1n) is 5.99. The maximum absolute atomic E-state index is 4.19. The van der Waals surface area contributed by atoms with Crippen LogP contribution in [-0.2, 0) is 6.54 Å². The van der Waals surface area contributed by atoms with Gasteiger partial charge in [0, 0.05) is 44.3 Å². The monoisotopic (exact) mass is 219 g/mol. The van der Waals surface area contributed by atoms with Crippen LogP contribution in [0.25, 0.3) is 0 Å². The standard InChI is InChI=1S/C13H21N3/c1-10-6-11(10)7-15-9-12-8-14-5-4-13(12)16(2)3/h4-5,8,10-11,15H,6-7,9H2,1-3H3. The molecule has 88 valence electrons. The van der Waals surface area contributed by atoms with Crippen LogP contribution in [0.15, 0.2) is 18.5 Å². The second kappa shape index (κ2) is 4.83. The van der Waals surface area contributed by atoms with Crippen LogP contribution in [0.4, 0.5) is 5.69 Å². The quantitative estimate of drug-likeness (QED) is 0.819. The summed E-state index contributed by atoms with van der Waals surface area (Å²) in [5, 5.41) is 3.52. The third kappa shape index (κ3) is 2.73. The summed E-state index contributed by atoms with van der Waals surface area (Å²) in [6, 6.07) is 2.07. The zero-order chi connectivity index (χ0) is 11.5. The van der Waals surface area contributed by atoms with Crippen molar-refractivity contribution in [2.75, 3.05) is 25.5 Å². The molecule has 0 amide bonds. The average molecular weight is 219 g/mol. The van der Waals surface area contributed by atoms with Gasteiger partial charge in [0.25, 0.3) is 0 Å². The molecule has 2 unspecified atom stereocenters. The topological polar surface area (TPSA) is 28.2 Å². The lowest BCUT2D eigenvalue weighted by Crippen LogP contribution is -2.19. The van der Waals surface area contributed by atoms with Gasteiger partial charge in [0.05, 0.1) is 0 Å². The summed E-state index contributed by atoms with van der Waals surface area (Å²) in [4.78, 5) is 6.33. The van der Waals surface area contributed by atoms with E-state index in [0.717, 1.165) is 24.9 Å². The Morgan fingerprint density at radius 2 is 2.25 bits per heavy atom. The van der Waals surface area contributed by atoms with Crippen molar-refractivity contribution in [1.29, 1.82) is 0 Å². The minimum Gasteiger partial charge on any atom is -0.377 e. The lowest BCUT2D eigenvalue weighted by atomic mass is 10.2. The Hall–Kier alpha value is -1.09. The number of aromatic nitrogens is 1. The van der Waals surface area contributed by atoms with Crippen LogP contribution >= 0.6 is 0 Å². The molecule has 0 radical (unpaired) electrons. The average Bonchev–Trinajstić information content (AvgIpc) is 2.95. The second-order valence-electron chi connectivity index (χ2n) is 5.00. The molecule has 0 aromatic carbocycles. The molecule has 0 saturated heterocycles. The number of nitrogens with one attached hydrogen (secondary N) is 1. The van der Waals surface area contributed by atoms with Gasteiger partial charge >= 0.3 is 0 Å². The molecule has 0 bridgehead atoms. The zero-order valence-electron chi connectivity index (χ0n) is 10.4. The number of nitrogens with zero attached hydrogens (tertiary/aromatic N) is 2. The predicted octanol–water partition coefficient (Wildman–Crippen LogP) is 1.89. The molecular formula is C13H21N3. The van der Waals surface area contributed by atoms with E-state index in [0.29, 0.717) is 0 Å². The van der Waals surface area contributed by atoms with E-state index in [1.54, 1.807) is 0 Å². The minimum atomic E-state index is 0.902. The third-order valence-electron chi connectivity index (χ3n) is 3.36. The Balaban J connectivity index is 1.87. The highest BCUT2D eigenvalue weighted by Crippen LogP contribution is 2.36. The summed E-state index contributed by atoms with van der Waals surface area (Å²) in [6.07, 6.45) is 5.20. The number of anilines is 1. The van der Waals surface area contributed by atoms with Crippen LogP contribution in [0.1, 0.15) is 18.9 Å². The van der Waals surface area contributed by atoms with Crippen molar-refractivity contribution in [1.82, 2.24) is 10.3 Å². The number of rotatable bonds is 5. The Labute approximate surface area is 97.9 Å². The van der Waals surface area contributed by atoms with Crippen molar-refractivity contribution in [3.63, 3.8) is 0 Å². The third-order valence-corrected chi connectivity index (χ3v) is 3.36. The SMILES string of the molecule is CC1CC1CNCc1cnccc1N(C)C. The molecule has 0 aliphatic heterocycles. The highest BCUT2D eigenvalue weighted by atomic mass is 15.1. The highest BCUT2D eigenvalue weighted by molar-refractivity contribution is 5.50. The predicted molar refractivity (Wildman–Crippen MR) is 67.5 cm³/mol. The number of hydrogen-bond acceptors (Lipinski definition) is 3. The lowest BCUT2D eigenvalue weighted by Gasteiger charge is -2.17. The first-order chi connectivity index (χ1) is 7.68. The zero-order valence-corrected chi connectivity index (χ0v) is 10.4. The van der Waals surface area contributed by atoms with Gasteiger partial charge in [0.2, 0.25) is 0 Å².